The summed E-state index contributed by atoms with van der Waals surface area (Å²) in [5, 5.41) is 13.7. The van der Waals surface area contributed by atoms with Gasteiger partial charge in [-0.15, -0.1) is 10.2 Å². The molecule has 7 rings (SSSR count). The van der Waals surface area contributed by atoms with E-state index in [1.54, 1.807) is 36.4 Å². The summed E-state index contributed by atoms with van der Waals surface area (Å²) in [7, 11) is 5.53. The monoisotopic (exact) mass is 662 g/mol. The second-order valence-corrected chi connectivity index (χ2v) is 12.6. The third kappa shape index (κ3) is 5.57. The number of para-hydroxylation sites is 1. The quantitative estimate of drug-likeness (QED) is 0.175. The van der Waals surface area contributed by atoms with Crippen LogP contribution in [0.1, 0.15) is 18.3 Å². The molecular formula is C33H33F2N9O2S. The van der Waals surface area contributed by atoms with Crippen LogP contribution in [0.4, 0.5) is 31.8 Å². The SMILES string of the molecule is [2H]C([2H])=CC(=O)Nc1cc(Nc2ncc(-c3nnc(C(F)F)s3)c(-c3cn(C([2H])([2H])[2H])c4ccccc34)n2)c(OC)cc1N(C)C1C2CN(C)CC21. The van der Waals surface area contributed by atoms with Gasteiger partial charge in [0.1, 0.15) is 5.75 Å². The maximum Gasteiger partial charge on any atom is 0.291 e. The molecule has 2 aromatic carbocycles. The summed E-state index contributed by atoms with van der Waals surface area (Å²) in [6.45, 7) is -1.27. The average Bonchev–Trinajstić information content (AvgIpc) is 3.48. The Hall–Kier alpha value is -4.95. The molecule has 1 amide bonds. The smallest absolute Gasteiger partial charge is 0.291 e. The highest BCUT2D eigenvalue weighted by Crippen LogP contribution is 2.51. The number of ether oxygens (including phenoxy) is 1. The zero-order valence-electron chi connectivity index (χ0n) is 30.5. The first-order chi connectivity index (χ1) is 24.7. The number of benzene rings is 2. The lowest BCUT2D eigenvalue weighted by Crippen LogP contribution is -2.31. The Morgan fingerprint density at radius 2 is 2.04 bits per heavy atom. The molecule has 2 fully saturated rings. The lowest BCUT2D eigenvalue weighted by atomic mass is 10.1. The summed E-state index contributed by atoms with van der Waals surface area (Å²) < 4.78 is 73.4. The molecule has 2 N–H and O–H groups in total. The summed E-state index contributed by atoms with van der Waals surface area (Å²) >= 11 is 0.677. The maximum atomic E-state index is 13.6. The van der Waals surface area contributed by atoms with Gasteiger partial charge in [-0.25, -0.2) is 18.7 Å². The molecule has 242 valence electrons. The van der Waals surface area contributed by atoms with Crippen LogP contribution in [0.25, 0.3) is 32.7 Å². The van der Waals surface area contributed by atoms with Crippen LogP contribution >= 0.6 is 11.3 Å². The number of halogens is 2. The van der Waals surface area contributed by atoms with Crippen LogP contribution in [-0.2, 0) is 11.8 Å². The van der Waals surface area contributed by atoms with E-state index in [1.165, 1.54) is 19.5 Å². The molecule has 0 spiro atoms. The van der Waals surface area contributed by atoms with Gasteiger partial charge in [0.25, 0.3) is 6.43 Å². The summed E-state index contributed by atoms with van der Waals surface area (Å²) in [5.41, 5.74) is 2.69. The van der Waals surface area contributed by atoms with E-state index >= 15 is 0 Å². The zero-order chi connectivity index (χ0) is 37.1. The predicted molar refractivity (Wildman–Crippen MR) is 180 cm³/mol. The molecule has 2 atom stereocenters. The van der Waals surface area contributed by atoms with E-state index in [1.807, 2.05) is 7.05 Å². The van der Waals surface area contributed by atoms with Gasteiger partial charge in [0.15, 0.2) is 10.0 Å². The second kappa shape index (κ2) is 12.0. The summed E-state index contributed by atoms with van der Waals surface area (Å²) in [6, 6.07) is 10.5. The molecule has 47 heavy (non-hydrogen) atoms. The molecule has 2 aliphatic rings. The van der Waals surface area contributed by atoms with Crippen molar-refractivity contribution in [2.75, 3.05) is 49.8 Å². The lowest BCUT2D eigenvalue weighted by Gasteiger charge is -2.27. The number of alkyl halides is 2. The van der Waals surface area contributed by atoms with E-state index in [0.29, 0.717) is 62.5 Å². The highest BCUT2D eigenvalue weighted by Gasteiger charge is 2.57. The van der Waals surface area contributed by atoms with Crippen LogP contribution in [0.2, 0.25) is 0 Å². The normalized spacial score (nSPS) is 20.5. The molecule has 5 aromatic rings. The number of nitrogens with one attached hydrogen (secondary N) is 2. The number of piperidine rings is 1. The minimum absolute atomic E-state index is 0.0407. The third-order valence-electron chi connectivity index (χ3n) is 8.73. The fraction of sp³-hybridized carbons (Fsp3) is 0.303. The van der Waals surface area contributed by atoms with E-state index in [-0.39, 0.29) is 28.3 Å². The van der Waals surface area contributed by atoms with E-state index < -0.39 is 30.8 Å². The first kappa shape index (κ1) is 25.2. The molecule has 1 aliphatic heterocycles. The third-order valence-corrected chi connectivity index (χ3v) is 9.69. The van der Waals surface area contributed by atoms with Crippen molar-refractivity contribution < 1.29 is 25.2 Å². The number of aromatic nitrogens is 5. The van der Waals surface area contributed by atoms with Gasteiger partial charge in [0.05, 0.1) is 38.2 Å². The molecule has 0 radical (unpaired) electrons. The van der Waals surface area contributed by atoms with Crippen LogP contribution in [0, 0.1) is 11.8 Å². The largest absolute Gasteiger partial charge is 0.494 e. The molecular weight excluding hydrogens is 624 g/mol. The number of carbonyl (C=O) groups is 1. The first-order valence-corrected chi connectivity index (χ1v) is 15.5. The van der Waals surface area contributed by atoms with E-state index in [4.69, 9.17) is 16.6 Å². The maximum absolute atomic E-state index is 13.6. The molecule has 2 unspecified atom stereocenters. The Kier molecular flexibility index (Phi) is 6.43. The summed E-state index contributed by atoms with van der Waals surface area (Å²) in [6.07, 6.45) is 0.852. The number of likely N-dealkylation sites (tertiary alicyclic amines) is 1. The zero-order valence-corrected chi connectivity index (χ0v) is 26.3. The molecule has 1 saturated carbocycles. The molecule has 1 aliphatic carbocycles. The number of rotatable bonds is 10. The molecule has 4 heterocycles. The Balaban J connectivity index is 1.33. The van der Waals surface area contributed by atoms with Crippen LogP contribution in [0.3, 0.4) is 0 Å². The fourth-order valence-electron chi connectivity index (χ4n) is 6.56. The number of carbonyl (C=O) groups excluding carboxylic acids is 1. The summed E-state index contributed by atoms with van der Waals surface area (Å²) in [5.74, 6) is 0.719. The van der Waals surface area contributed by atoms with Crippen molar-refractivity contribution in [3.63, 3.8) is 0 Å². The van der Waals surface area contributed by atoms with Crippen molar-refractivity contribution in [1.82, 2.24) is 29.6 Å². The van der Waals surface area contributed by atoms with Crippen molar-refractivity contribution in [2.45, 2.75) is 12.5 Å². The topological polar surface area (TPSA) is 113 Å². The molecule has 14 heteroatoms. The number of amides is 1. The van der Waals surface area contributed by atoms with Crippen LogP contribution in [0.5, 0.6) is 5.75 Å². The second-order valence-electron chi connectivity index (χ2n) is 11.6. The van der Waals surface area contributed by atoms with Gasteiger partial charge >= 0.3 is 0 Å². The van der Waals surface area contributed by atoms with Crippen molar-refractivity contribution in [3.8, 4) is 27.6 Å². The minimum atomic E-state index is -2.84. The van der Waals surface area contributed by atoms with Crippen molar-refractivity contribution in [1.29, 1.82) is 0 Å². The van der Waals surface area contributed by atoms with Crippen LogP contribution < -0.4 is 20.3 Å². The number of methoxy groups -OCH3 is 1. The van der Waals surface area contributed by atoms with Gasteiger partial charge in [-0.1, -0.05) is 36.1 Å². The van der Waals surface area contributed by atoms with Gasteiger partial charge in [-0.05, 0) is 37.1 Å². The van der Waals surface area contributed by atoms with E-state index in [0.717, 1.165) is 23.7 Å². The lowest BCUT2D eigenvalue weighted by molar-refractivity contribution is -0.111. The highest BCUT2D eigenvalue weighted by atomic mass is 32.1. The number of nitrogens with zero attached hydrogens (tertiary/aromatic N) is 7. The van der Waals surface area contributed by atoms with Gasteiger partial charge in [-0.2, -0.15) is 0 Å². The summed E-state index contributed by atoms with van der Waals surface area (Å²) in [4.78, 5) is 26.5. The number of aryl methyl sites for hydroxylation is 1. The number of hydrogen-bond acceptors (Lipinski definition) is 10. The first-order valence-electron chi connectivity index (χ1n) is 17.2. The van der Waals surface area contributed by atoms with Gasteiger partial charge in [-0.3, -0.25) is 4.79 Å². The number of fused-ring (bicyclic) bond motifs is 2. The Labute approximate surface area is 280 Å². The molecule has 3 aromatic heterocycles. The predicted octanol–water partition coefficient (Wildman–Crippen LogP) is 5.96. The van der Waals surface area contributed by atoms with Gasteiger partial charge < -0.3 is 29.7 Å². The molecule has 0 bridgehead atoms. The van der Waals surface area contributed by atoms with Crippen molar-refractivity contribution >= 4 is 51.2 Å². The molecule has 11 nitrogen and oxygen atoms in total. The van der Waals surface area contributed by atoms with Crippen LogP contribution in [-0.4, -0.2) is 75.9 Å². The van der Waals surface area contributed by atoms with Crippen molar-refractivity contribution in [2.24, 2.45) is 18.8 Å². The standard InChI is InChI=1S/C33H33F2N9O2S/c1-6-27(45)37-22-11-23(26(46-5)12-25(22)44(4)29-20-14-42(2)15-21(20)29)38-33-36-13-18(31-40-41-32(47-31)30(34)35)28(39-33)19-16-43(3)24-10-8-7-9-17(19)24/h6-13,16,20-21,29-30H,1,14-15H2,2-5H3,(H,37,45)(H,36,38,39)/i1D2,3D3. The van der Waals surface area contributed by atoms with Crippen LogP contribution in [0.15, 0.2) is 61.4 Å². The fourth-order valence-corrected chi connectivity index (χ4v) is 7.27. The Morgan fingerprint density at radius 1 is 1.23 bits per heavy atom. The van der Waals surface area contributed by atoms with E-state index in [9.17, 15) is 13.6 Å². The van der Waals surface area contributed by atoms with E-state index in [2.05, 4.69) is 42.7 Å². The molecule has 1 saturated heterocycles. The highest BCUT2D eigenvalue weighted by molar-refractivity contribution is 7.14. The van der Waals surface area contributed by atoms with Gasteiger partial charge in [0, 0.05) is 72.2 Å². The number of hydrogen-bond donors (Lipinski definition) is 2. The number of anilines is 4. The average molecular weight is 663 g/mol. The van der Waals surface area contributed by atoms with Crippen molar-refractivity contribution in [3.05, 3.63) is 66.4 Å². The van der Waals surface area contributed by atoms with Gasteiger partial charge in [0.2, 0.25) is 11.9 Å². The minimum Gasteiger partial charge on any atom is -0.494 e. The Bertz CT molecular complexity index is 2200. The Morgan fingerprint density at radius 3 is 2.77 bits per heavy atom.